The SMILES string of the molecule is NC(O)Cc1ccc(Nc2nc(-c3cccc(Cl)c3)nc3c2SCCC3)cc1. The molecule has 4 N–H and O–H groups in total. The van der Waals surface area contributed by atoms with Crippen molar-refractivity contribution in [3.05, 3.63) is 64.8 Å². The summed E-state index contributed by atoms with van der Waals surface area (Å²) in [4.78, 5) is 10.7. The van der Waals surface area contributed by atoms with Gasteiger partial charge in [0.2, 0.25) is 0 Å². The topological polar surface area (TPSA) is 84.1 Å². The lowest BCUT2D eigenvalue weighted by atomic mass is 10.1. The molecular formula is C21H21ClN4OS. The van der Waals surface area contributed by atoms with Crippen molar-refractivity contribution in [2.24, 2.45) is 5.73 Å². The van der Waals surface area contributed by atoms with E-state index in [1.165, 1.54) is 0 Å². The number of hydrogen-bond acceptors (Lipinski definition) is 6. The largest absolute Gasteiger partial charge is 0.378 e. The third-order valence-corrected chi connectivity index (χ3v) is 5.93. The number of rotatable bonds is 5. The number of aromatic nitrogens is 2. The molecule has 5 nitrogen and oxygen atoms in total. The van der Waals surface area contributed by atoms with E-state index in [0.717, 1.165) is 51.8 Å². The highest BCUT2D eigenvalue weighted by Gasteiger charge is 2.19. The summed E-state index contributed by atoms with van der Waals surface area (Å²) in [5.41, 5.74) is 9.35. The van der Waals surface area contributed by atoms with Crippen molar-refractivity contribution in [3.63, 3.8) is 0 Å². The Morgan fingerprint density at radius 2 is 2.00 bits per heavy atom. The molecule has 1 aliphatic heterocycles. The zero-order valence-electron chi connectivity index (χ0n) is 15.2. The molecule has 0 spiro atoms. The van der Waals surface area contributed by atoms with Gasteiger partial charge in [0.05, 0.1) is 10.6 Å². The molecule has 0 aliphatic carbocycles. The summed E-state index contributed by atoms with van der Waals surface area (Å²) in [6, 6.07) is 15.5. The maximum atomic E-state index is 9.33. The van der Waals surface area contributed by atoms with Gasteiger partial charge in [-0.15, -0.1) is 11.8 Å². The van der Waals surface area contributed by atoms with E-state index >= 15 is 0 Å². The average Bonchev–Trinajstić information content (AvgIpc) is 2.69. The number of nitrogens with one attached hydrogen (secondary N) is 1. The minimum atomic E-state index is -0.843. The van der Waals surface area contributed by atoms with Gasteiger partial charge in [-0.1, -0.05) is 35.9 Å². The van der Waals surface area contributed by atoms with Gasteiger partial charge in [0.15, 0.2) is 5.82 Å². The van der Waals surface area contributed by atoms with Crippen LogP contribution in [0.25, 0.3) is 11.4 Å². The van der Waals surface area contributed by atoms with Gasteiger partial charge >= 0.3 is 0 Å². The molecule has 1 unspecified atom stereocenters. The molecule has 1 atom stereocenters. The molecule has 1 aliphatic rings. The number of hydrogen-bond donors (Lipinski definition) is 3. The van der Waals surface area contributed by atoms with E-state index in [9.17, 15) is 5.11 Å². The molecule has 0 saturated carbocycles. The lowest BCUT2D eigenvalue weighted by molar-refractivity contribution is 0.183. The molecule has 0 fully saturated rings. The maximum absolute atomic E-state index is 9.33. The summed E-state index contributed by atoms with van der Waals surface area (Å²) in [6.45, 7) is 0. The Kier molecular flexibility index (Phi) is 5.82. The molecule has 3 aromatic rings. The quantitative estimate of drug-likeness (QED) is 0.539. The van der Waals surface area contributed by atoms with Gasteiger partial charge in [0.1, 0.15) is 12.0 Å². The summed E-state index contributed by atoms with van der Waals surface area (Å²) >= 11 is 7.95. The van der Waals surface area contributed by atoms with E-state index in [-0.39, 0.29) is 0 Å². The molecule has 0 saturated heterocycles. The second-order valence-corrected chi connectivity index (χ2v) is 8.27. The smallest absolute Gasteiger partial charge is 0.161 e. The van der Waals surface area contributed by atoms with Crippen molar-refractivity contribution in [3.8, 4) is 11.4 Å². The lowest BCUT2D eigenvalue weighted by Gasteiger charge is -2.19. The zero-order valence-corrected chi connectivity index (χ0v) is 16.8. The Morgan fingerprint density at radius 3 is 2.75 bits per heavy atom. The first-order chi connectivity index (χ1) is 13.6. The average molecular weight is 413 g/mol. The predicted molar refractivity (Wildman–Crippen MR) is 115 cm³/mol. The molecule has 7 heteroatoms. The van der Waals surface area contributed by atoms with Crippen LogP contribution >= 0.6 is 23.4 Å². The highest BCUT2D eigenvalue weighted by Crippen LogP contribution is 2.37. The van der Waals surface area contributed by atoms with Crippen molar-refractivity contribution < 1.29 is 5.11 Å². The van der Waals surface area contributed by atoms with E-state index in [2.05, 4.69) is 5.32 Å². The molecule has 0 bridgehead atoms. The van der Waals surface area contributed by atoms with Crippen molar-refractivity contribution in [1.29, 1.82) is 0 Å². The molecule has 0 amide bonds. The van der Waals surface area contributed by atoms with Crippen LogP contribution in [0.4, 0.5) is 11.5 Å². The summed E-state index contributed by atoms with van der Waals surface area (Å²) in [6.07, 6.45) is 1.64. The highest BCUT2D eigenvalue weighted by molar-refractivity contribution is 7.99. The van der Waals surface area contributed by atoms with Gasteiger partial charge in [-0.2, -0.15) is 0 Å². The van der Waals surface area contributed by atoms with Crippen LogP contribution in [0.1, 0.15) is 17.7 Å². The molecule has 28 heavy (non-hydrogen) atoms. The van der Waals surface area contributed by atoms with Gasteiger partial charge in [0.25, 0.3) is 0 Å². The van der Waals surface area contributed by atoms with Gasteiger partial charge in [-0.05, 0) is 48.4 Å². The molecule has 144 valence electrons. The minimum Gasteiger partial charge on any atom is -0.378 e. The first-order valence-corrected chi connectivity index (χ1v) is 10.5. The standard InChI is InChI=1S/C21H21ClN4OS/c22-15-4-1-3-14(12-15)20-25-17-5-2-10-28-19(17)21(26-20)24-16-8-6-13(7-9-16)11-18(23)27/h1,3-4,6-9,12,18,27H,2,5,10-11,23H2,(H,24,25,26). The van der Waals surface area contributed by atoms with Crippen molar-refractivity contribution in [2.45, 2.75) is 30.4 Å². The highest BCUT2D eigenvalue weighted by atomic mass is 35.5. The van der Waals surface area contributed by atoms with Crippen LogP contribution in [0.15, 0.2) is 53.4 Å². The van der Waals surface area contributed by atoms with Crippen LogP contribution in [0.3, 0.4) is 0 Å². The van der Waals surface area contributed by atoms with E-state index in [1.807, 2.05) is 48.5 Å². The van der Waals surface area contributed by atoms with Crippen molar-refractivity contribution >= 4 is 34.9 Å². The first kappa shape index (κ1) is 19.2. The Bertz CT molecular complexity index is 979. The number of halogens is 1. The van der Waals surface area contributed by atoms with Gasteiger partial charge in [-0.25, -0.2) is 9.97 Å². The first-order valence-electron chi connectivity index (χ1n) is 9.18. The Morgan fingerprint density at radius 1 is 1.18 bits per heavy atom. The normalized spacial score (nSPS) is 14.4. The van der Waals surface area contributed by atoms with Crippen LogP contribution in [0, 0.1) is 0 Å². The molecular weight excluding hydrogens is 392 g/mol. The number of aryl methyl sites for hydroxylation is 1. The second kappa shape index (κ2) is 8.49. The summed E-state index contributed by atoms with van der Waals surface area (Å²) in [5.74, 6) is 2.56. The van der Waals surface area contributed by atoms with Crippen LogP contribution in [-0.4, -0.2) is 27.1 Å². The number of nitrogens with zero attached hydrogens (tertiary/aromatic N) is 2. The molecule has 0 radical (unpaired) electrons. The Labute approximate surface area is 173 Å². The molecule has 2 heterocycles. The summed E-state index contributed by atoms with van der Waals surface area (Å²) in [7, 11) is 0. The number of nitrogens with two attached hydrogens (primary N) is 1. The van der Waals surface area contributed by atoms with Crippen LogP contribution in [0.5, 0.6) is 0 Å². The van der Waals surface area contributed by atoms with Gasteiger partial charge in [0, 0.05) is 22.7 Å². The Balaban J connectivity index is 1.68. The van der Waals surface area contributed by atoms with E-state index < -0.39 is 6.23 Å². The van der Waals surface area contributed by atoms with Crippen LogP contribution in [-0.2, 0) is 12.8 Å². The predicted octanol–water partition coefficient (Wildman–Crippen LogP) is 4.40. The number of aliphatic hydroxyl groups excluding tert-OH is 1. The van der Waals surface area contributed by atoms with Crippen molar-refractivity contribution in [1.82, 2.24) is 9.97 Å². The van der Waals surface area contributed by atoms with Gasteiger partial charge < -0.3 is 16.2 Å². The zero-order chi connectivity index (χ0) is 19.5. The fraction of sp³-hybridized carbons (Fsp3) is 0.238. The summed E-state index contributed by atoms with van der Waals surface area (Å²) < 4.78 is 0. The van der Waals surface area contributed by atoms with E-state index in [1.54, 1.807) is 11.8 Å². The number of fused-ring (bicyclic) bond motifs is 1. The van der Waals surface area contributed by atoms with Crippen LogP contribution < -0.4 is 11.1 Å². The molecule has 1 aromatic heterocycles. The number of thioether (sulfide) groups is 1. The number of benzene rings is 2. The minimum absolute atomic E-state index is 0.429. The fourth-order valence-electron chi connectivity index (χ4n) is 3.18. The van der Waals surface area contributed by atoms with E-state index in [4.69, 9.17) is 27.3 Å². The summed E-state index contributed by atoms with van der Waals surface area (Å²) in [5, 5.41) is 13.4. The molecule has 4 rings (SSSR count). The maximum Gasteiger partial charge on any atom is 0.161 e. The third-order valence-electron chi connectivity index (χ3n) is 4.48. The number of anilines is 2. The van der Waals surface area contributed by atoms with E-state index in [0.29, 0.717) is 17.3 Å². The van der Waals surface area contributed by atoms with Gasteiger partial charge in [-0.3, -0.25) is 0 Å². The van der Waals surface area contributed by atoms with Crippen molar-refractivity contribution in [2.75, 3.05) is 11.1 Å². The fourth-order valence-corrected chi connectivity index (χ4v) is 4.41. The Hall–Kier alpha value is -2.12. The molecule has 2 aromatic carbocycles. The number of aliphatic hydroxyl groups is 1. The third kappa shape index (κ3) is 4.47. The monoisotopic (exact) mass is 412 g/mol. The van der Waals surface area contributed by atoms with Crippen LogP contribution in [0.2, 0.25) is 5.02 Å². The second-order valence-electron chi connectivity index (χ2n) is 6.73. The lowest BCUT2D eigenvalue weighted by Crippen LogP contribution is -2.21.